The van der Waals surface area contributed by atoms with Gasteiger partial charge in [0.2, 0.25) is 5.91 Å². The van der Waals surface area contributed by atoms with E-state index in [-0.39, 0.29) is 24.2 Å². The second-order valence-electron chi connectivity index (χ2n) is 7.43. The van der Waals surface area contributed by atoms with Crippen LogP contribution in [0, 0.1) is 0 Å². The Kier molecular flexibility index (Phi) is 5.42. The fourth-order valence-electron chi connectivity index (χ4n) is 2.70. The maximum absolute atomic E-state index is 12.0. The molecule has 0 aliphatic heterocycles. The van der Waals surface area contributed by atoms with E-state index in [1.165, 1.54) is 7.11 Å². The Labute approximate surface area is 167 Å². The van der Waals surface area contributed by atoms with Gasteiger partial charge in [0.15, 0.2) is 11.5 Å². The number of H-pyrrole nitrogens is 1. The summed E-state index contributed by atoms with van der Waals surface area (Å²) in [5.74, 6) is -0.211. The molecule has 0 atom stereocenters. The van der Waals surface area contributed by atoms with Crippen molar-refractivity contribution in [3.63, 3.8) is 0 Å². The van der Waals surface area contributed by atoms with Crippen molar-refractivity contribution in [1.82, 2.24) is 19.8 Å². The molecule has 0 fully saturated rings. The van der Waals surface area contributed by atoms with Crippen LogP contribution in [0.15, 0.2) is 24.3 Å². The van der Waals surface area contributed by atoms with E-state index >= 15 is 0 Å². The molecule has 0 bridgehead atoms. The number of halogens is 1. The highest BCUT2D eigenvalue weighted by Gasteiger charge is 2.24. The van der Waals surface area contributed by atoms with E-state index in [0.717, 1.165) is 11.3 Å². The monoisotopic (exact) mass is 403 g/mol. The Morgan fingerprint density at radius 1 is 1.29 bits per heavy atom. The lowest BCUT2D eigenvalue weighted by atomic mass is 9.92. The minimum atomic E-state index is -0.423. The van der Waals surface area contributed by atoms with Crippen LogP contribution in [-0.2, 0) is 19.7 Å². The van der Waals surface area contributed by atoms with Crippen molar-refractivity contribution in [3.05, 3.63) is 35.0 Å². The number of carbonyl (C=O) groups is 2. The molecule has 0 aliphatic carbocycles. The summed E-state index contributed by atoms with van der Waals surface area (Å²) in [6.45, 7) is 6.16. The molecule has 0 aliphatic rings. The highest BCUT2D eigenvalue weighted by molar-refractivity contribution is 6.34. The van der Waals surface area contributed by atoms with E-state index in [2.05, 4.69) is 46.0 Å². The quantitative estimate of drug-likeness (QED) is 0.634. The third-order valence-electron chi connectivity index (χ3n) is 4.18. The number of hydrogen-bond donors (Lipinski definition) is 2. The number of aromatic nitrogens is 4. The van der Waals surface area contributed by atoms with Crippen LogP contribution < -0.4 is 5.32 Å². The number of methoxy groups -OCH3 is 1. The molecular formula is C19H22ClN5O3. The minimum absolute atomic E-state index is 0.0317. The SMILES string of the molecule is COC(=O)CCC(=O)Nc1cccc(-c2nc3c(Cl)c(C(C)(C)C)[nH]n3n2)c1. The van der Waals surface area contributed by atoms with Gasteiger partial charge in [-0.15, -0.1) is 5.10 Å². The van der Waals surface area contributed by atoms with Crippen LogP contribution in [0.2, 0.25) is 5.02 Å². The smallest absolute Gasteiger partial charge is 0.306 e. The van der Waals surface area contributed by atoms with Crippen LogP contribution >= 0.6 is 11.6 Å². The number of aromatic amines is 1. The number of amides is 1. The predicted molar refractivity (Wildman–Crippen MR) is 106 cm³/mol. The third-order valence-corrected chi connectivity index (χ3v) is 4.54. The zero-order chi connectivity index (χ0) is 20.5. The van der Waals surface area contributed by atoms with Crippen molar-refractivity contribution < 1.29 is 14.3 Å². The summed E-state index contributed by atoms with van der Waals surface area (Å²) in [5, 5.41) is 10.9. The first-order chi connectivity index (χ1) is 13.2. The number of anilines is 1. The zero-order valence-electron chi connectivity index (χ0n) is 16.2. The van der Waals surface area contributed by atoms with Crippen LogP contribution in [0.25, 0.3) is 17.0 Å². The van der Waals surface area contributed by atoms with Gasteiger partial charge in [-0.1, -0.05) is 44.5 Å². The van der Waals surface area contributed by atoms with Gasteiger partial charge in [-0.2, -0.15) is 4.63 Å². The fourth-order valence-corrected chi connectivity index (χ4v) is 3.14. The topological polar surface area (TPSA) is 101 Å². The van der Waals surface area contributed by atoms with E-state index in [9.17, 15) is 9.59 Å². The van der Waals surface area contributed by atoms with Crippen LogP contribution in [0.4, 0.5) is 5.69 Å². The zero-order valence-corrected chi connectivity index (χ0v) is 16.9. The molecule has 0 saturated heterocycles. The van der Waals surface area contributed by atoms with Crippen molar-refractivity contribution in [1.29, 1.82) is 0 Å². The molecule has 0 spiro atoms. The van der Waals surface area contributed by atoms with E-state index in [0.29, 0.717) is 22.2 Å². The molecule has 3 aromatic rings. The van der Waals surface area contributed by atoms with Gasteiger partial charge < -0.3 is 10.1 Å². The molecule has 0 unspecified atom stereocenters. The first kappa shape index (κ1) is 19.9. The lowest BCUT2D eigenvalue weighted by molar-refractivity contribution is -0.141. The Balaban J connectivity index is 1.80. The average Bonchev–Trinajstić information content (AvgIpc) is 3.19. The summed E-state index contributed by atoms with van der Waals surface area (Å²) >= 11 is 6.47. The molecule has 0 saturated carbocycles. The maximum Gasteiger partial charge on any atom is 0.306 e. The lowest BCUT2D eigenvalue weighted by Crippen LogP contribution is -2.14. The van der Waals surface area contributed by atoms with Gasteiger partial charge in [-0.05, 0) is 12.1 Å². The standard InChI is InChI=1S/C19H22ClN5O3/c1-19(2,3)16-15(20)18-22-17(24-25(18)23-16)11-6-5-7-12(10-11)21-13(26)8-9-14(27)28-4/h5-7,10,23H,8-9H2,1-4H3,(H,21,26). The molecule has 2 N–H and O–H groups in total. The van der Waals surface area contributed by atoms with E-state index < -0.39 is 5.97 Å². The summed E-state index contributed by atoms with van der Waals surface area (Å²) in [7, 11) is 1.29. The number of hydrogen-bond acceptors (Lipinski definition) is 5. The first-order valence-electron chi connectivity index (χ1n) is 8.81. The maximum atomic E-state index is 12.0. The molecule has 9 heteroatoms. The van der Waals surface area contributed by atoms with Crippen molar-refractivity contribution in [2.45, 2.75) is 39.0 Å². The molecule has 0 radical (unpaired) electrons. The summed E-state index contributed by atoms with van der Waals surface area (Å²) in [6.07, 6.45) is 0.0811. The van der Waals surface area contributed by atoms with E-state index in [1.807, 2.05) is 6.07 Å². The molecule has 1 aromatic carbocycles. The van der Waals surface area contributed by atoms with Gasteiger partial charge >= 0.3 is 5.97 Å². The normalized spacial score (nSPS) is 11.6. The van der Waals surface area contributed by atoms with Crippen molar-refractivity contribution in [2.75, 3.05) is 12.4 Å². The molecule has 2 heterocycles. The number of benzene rings is 1. The number of carbonyl (C=O) groups excluding carboxylic acids is 2. The fraction of sp³-hybridized carbons (Fsp3) is 0.368. The molecule has 2 aromatic heterocycles. The highest BCUT2D eigenvalue weighted by Crippen LogP contribution is 2.32. The van der Waals surface area contributed by atoms with Crippen molar-refractivity contribution >= 4 is 34.8 Å². The molecule has 28 heavy (non-hydrogen) atoms. The molecule has 148 valence electrons. The Hall–Kier alpha value is -2.87. The van der Waals surface area contributed by atoms with Gasteiger partial charge in [-0.25, -0.2) is 4.98 Å². The van der Waals surface area contributed by atoms with Crippen LogP contribution in [0.3, 0.4) is 0 Å². The third kappa shape index (κ3) is 4.17. The minimum Gasteiger partial charge on any atom is -0.469 e. The summed E-state index contributed by atoms with van der Waals surface area (Å²) in [5.41, 5.74) is 2.58. The molecule has 8 nitrogen and oxygen atoms in total. The van der Waals surface area contributed by atoms with Crippen LogP contribution in [-0.4, -0.2) is 38.8 Å². The Bertz CT molecular complexity index is 1030. The number of esters is 1. The van der Waals surface area contributed by atoms with Gasteiger partial charge in [0.25, 0.3) is 0 Å². The van der Waals surface area contributed by atoms with E-state index in [4.69, 9.17) is 11.6 Å². The highest BCUT2D eigenvalue weighted by atomic mass is 35.5. The van der Waals surface area contributed by atoms with Gasteiger partial charge in [-0.3, -0.25) is 14.7 Å². The van der Waals surface area contributed by atoms with Gasteiger partial charge in [0, 0.05) is 23.1 Å². The number of nitrogens with zero attached hydrogens (tertiary/aromatic N) is 3. The molecule has 3 rings (SSSR count). The van der Waals surface area contributed by atoms with Gasteiger partial charge in [0.05, 0.1) is 19.2 Å². The number of rotatable bonds is 5. The Morgan fingerprint density at radius 2 is 2.04 bits per heavy atom. The molecular weight excluding hydrogens is 382 g/mol. The number of nitrogens with one attached hydrogen (secondary N) is 2. The summed E-state index contributed by atoms with van der Waals surface area (Å²) in [4.78, 5) is 27.6. The van der Waals surface area contributed by atoms with Gasteiger partial charge in [0.1, 0.15) is 5.02 Å². The van der Waals surface area contributed by atoms with Crippen LogP contribution in [0.1, 0.15) is 39.3 Å². The van der Waals surface area contributed by atoms with Crippen molar-refractivity contribution in [2.24, 2.45) is 0 Å². The Morgan fingerprint density at radius 3 is 2.68 bits per heavy atom. The van der Waals surface area contributed by atoms with E-state index in [1.54, 1.807) is 22.8 Å². The molecule has 1 amide bonds. The first-order valence-corrected chi connectivity index (χ1v) is 9.18. The second-order valence-corrected chi connectivity index (χ2v) is 7.80. The van der Waals surface area contributed by atoms with Crippen LogP contribution in [0.5, 0.6) is 0 Å². The summed E-state index contributed by atoms with van der Waals surface area (Å²) < 4.78 is 6.09. The summed E-state index contributed by atoms with van der Waals surface area (Å²) in [6, 6.07) is 7.16. The van der Waals surface area contributed by atoms with Crippen molar-refractivity contribution in [3.8, 4) is 11.4 Å². The number of ether oxygens (including phenoxy) is 1. The average molecular weight is 404 g/mol. The second kappa shape index (κ2) is 7.63. The predicted octanol–water partition coefficient (Wildman–Crippen LogP) is 3.57. The largest absolute Gasteiger partial charge is 0.469 e. The lowest BCUT2D eigenvalue weighted by Gasteiger charge is -2.16. The number of fused-ring (bicyclic) bond motifs is 1.